The zero-order chi connectivity index (χ0) is 30.8. The van der Waals surface area contributed by atoms with Crippen molar-refractivity contribution in [3.63, 3.8) is 0 Å². The maximum atomic E-state index is 12.5. The molecule has 1 saturated heterocycles. The first-order valence-electron chi connectivity index (χ1n) is 14.2. The third-order valence-electron chi connectivity index (χ3n) is 7.11. The molecule has 1 aliphatic heterocycles. The van der Waals surface area contributed by atoms with Crippen LogP contribution in [-0.4, -0.2) is 154 Å². The van der Waals surface area contributed by atoms with Crippen LogP contribution in [0.25, 0.3) is 0 Å². The molecule has 1 heterocycles. The minimum atomic E-state index is -1.11. The van der Waals surface area contributed by atoms with Crippen LogP contribution >= 0.6 is 0 Å². The summed E-state index contributed by atoms with van der Waals surface area (Å²) in [4.78, 5) is 76.6. The molecule has 41 heavy (non-hydrogen) atoms. The Bertz CT molecular complexity index is 852. The molecule has 1 atom stereocenters. The number of carboxylic acids is 4. The second kappa shape index (κ2) is 20.0. The number of Topliss-reactive ketones (excluding diaryl/α,β-unsaturated/α-hetero) is 2. The monoisotopic (exact) mass is 586 g/mol. The summed E-state index contributed by atoms with van der Waals surface area (Å²) in [6, 6.07) is -1.01. The topological polar surface area (TPSA) is 196 Å². The number of aliphatic carboxylic acids is 4. The summed E-state index contributed by atoms with van der Waals surface area (Å²) in [5.41, 5.74) is 0. The van der Waals surface area contributed by atoms with Gasteiger partial charge in [0.15, 0.2) is 0 Å². The van der Waals surface area contributed by atoms with Gasteiger partial charge in [0.25, 0.3) is 0 Å². The SMILES string of the molecule is CC(=O)CCCCCCC(=O)CCC(C(=O)O)N1CCN(CC(=O)O)CCN(CC(=O)O)CCN(CC(=O)O)CC1. The molecule has 1 aliphatic rings. The molecular formula is C27H46N4O10. The Labute approximate surface area is 240 Å². The van der Waals surface area contributed by atoms with Crippen molar-refractivity contribution >= 4 is 35.4 Å². The molecule has 4 N–H and O–H groups in total. The van der Waals surface area contributed by atoms with Crippen molar-refractivity contribution in [3.05, 3.63) is 0 Å². The predicted molar refractivity (Wildman–Crippen MR) is 148 cm³/mol. The number of carbonyl (C=O) groups excluding carboxylic acids is 2. The summed E-state index contributed by atoms with van der Waals surface area (Å²) in [5, 5.41) is 38.0. The van der Waals surface area contributed by atoms with Crippen LogP contribution < -0.4 is 0 Å². The maximum Gasteiger partial charge on any atom is 0.320 e. The second-order valence-electron chi connectivity index (χ2n) is 10.6. The van der Waals surface area contributed by atoms with E-state index in [1.165, 1.54) is 0 Å². The fourth-order valence-corrected chi connectivity index (χ4v) is 4.85. The molecule has 1 unspecified atom stereocenters. The van der Waals surface area contributed by atoms with Gasteiger partial charge in [-0.1, -0.05) is 12.8 Å². The minimum absolute atomic E-state index is 0.0456. The van der Waals surface area contributed by atoms with E-state index in [0.717, 1.165) is 19.3 Å². The number of nitrogens with zero attached hydrogens (tertiary/aromatic N) is 4. The molecule has 1 rings (SSSR count). The lowest BCUT2D eigenvalue weighted by Gasteiger charge is -2.35. The van der Waals surface area contributed by atoms with Crippen molar-refractivity contribution in [2.24, 2.45) is 0 Å². The van der Waals surface area contributed by atoms with Gasteiger partial charge in [0, 0.05) is 71.6 Å². The lowest BCUT2D eigenvalue weighted by Crippen LogP contribution is -2.51. The number of hydrogen-bond acceptors (Lipinski definition) is 10. The van der Waals surface area contributed by atoms with Gasteiger partial charge in [-0.25, -0.2) is 0 Å². The second-order valence-corrected chi connectivity index (χ2v) is 10.6. The number of rotatable bonds is 18. The normalized spacial score (nSPS) is 17.7. The summed E-state index contributed by atoms with van der Waals surface area (Å²) in [6.45, 7) is 2.36. The Kier molecular flexibility index (Phi) is 17.6. The molecule has 0 spiro atoms. The van der Waals surface area contributed by atoms with E-state index in [-0.39, 0.29) is 96.4 Å². The number of carboxylic acid groups (broad SMARTS) is 4. The van der Waals surface area contributed by atoms with Gasteiger partial charge in [0.05, 0.1) is 19.6 Å². The van der Waals surface area contributed by atoms with Gasteiger partial charge in [-0.15, -0.1) is 0 Å². The number of hydrogen-bond donors (Lipinski definition) is 4. The Balaban J connectivity index is 2.92. The number of ketones is 2. The molecule has 1 fully saturated rings. The van der Waals surface area contributed by atoms with Crippen molar-refractivity contribution < 1.29 is 49.2 Å². The van der Waals surface area contributed by atoms with Crippen LogP contribution in [0.2, 0.25) is 0 Å². The van der Waals surface area contributed by atoms with Crippen LogP contribution in [-0.2, 0) is 28.8 Å². The first-order chi connectivity index (χ1) is 19.4. The highest BCUT2D eigenvalue weighted by molar-refractivity contribution is 5.80. The molecule has 0 radical (unpaired) electrons. The minimum Gasteiger partial charge on any atom is -0.480 e. The molecule has 0 aliphatic carbocycles. The van der Waals surface area contributed by atoms with Gasteiger partial charge in [-0.2, -0.15) is 0 Å². The smallest absolute Gasteiger partial charge is 0.320 e. The average molecular weight is 587 g/mol. The highest BCUT2D eigenvalue weighted by Crippen LogP contribution is 2.13. The van der Waals surface area contributed by atoms with E-state index in [0.29, 0.717) is 19.3 Å². The lowest BCUT2D eigenvalue weighted by atomic mass is 10.0. The fraction of sp³-hybridized carbons (Fsp3) is 0.778. The summed E-state index contributed by atoms with van der Waals surface area (Å²) in [5.74, 6) is -4.21. The van der Waals surface area contributed by atoms with E-state index in [9.17, 15) is 49.2 Å². The van der Waals surface area contributed by atoms with E-state index in [4.69, 9.17) is 0 Å². The van der Waals surface area contributed by atoms with Crippen molar-refractivity contribution in [3.8, 4) is 0 Å². The Morgan fingerprint density at radius 2 is 0.951 bits per heavy atom. The van der Waals surface area contributed by atoms with Crippen LogP contribution in [0.3, 0.4) is 0 Å². The summed E-state index contributed by atoms with van der Waals surface area (Å²) in [6.07, 6.45) is 4.13. The largest absolute Gasteiger partial charge is 0.480 e. The predicted octanol–water partition coefficient (Wildman–Crippen LogP) is 0.194. The molecule has 14 nitrogen and oxygen atoms in total. The molecule has 0 aromatic heterocycles. The van der Waals surface area contributed by atoms with Crippen molar-refractivity contribution in [2.75, 3.05) is 72.0 Å². The molecule has 0 aromatic rings. The highest BCUT2D eigenvalue weighted by Gasteiger charge is 2.28. The molecule has 0 saturated carbocycles. The van der Waals surface area contributed by atoms with Gasteiger partial charge >= 0.3 is 23.9 Å². The van der Waals surface area contributed by atoms with E-state index in [2.05, 4.69) is 0 Å². The van der Waals surface area contributed by atoms with Crippen molar-refractivity contribution in [2.45, 2.75) is 64.3 Å². The first-order valence-corrected chi connectivity index (χ1v) is 14.2. The third-order valence-corrected chi connectivity index (χ3v) is 7.11. The maximum absolute atomic E-state index is 12.5. The molecular weight excluding hydrogens is 540 g/mol. The number of unbranched alkanes of at least 4 members (excludes halogenated alkanes) is 3. The molecule has 0 aromatic carbocycles. The van der Waals surface area contributed by atoms with E-state index in [1.807, 2.05) is 0 Å². The van der Waals surface area contributed by atoms with Crippen molar-refractivity contribution in [1.29, 1.82) is 0 Å². The average Bonchev–Trinajstić information content (AvgIpc) is 2.86. The fourth-order valence-electron chi connectivity index (χ4n) is 4.85. The summed E-state index contributed by atoms with van der Waals surface area (Å²) in [7, 11) is 0. The van der Waals surface area contributed by atoms with Gasteiger partial charge in [-0.3, -0.25) is 43.6 Å². The molecule has 14 heteroatoms. The van der Waals surface area contributed by atoms with Crippen molar-refractivity contribution in [1.82, 2.24) is 19.6 Å². The van der Waals surface area contributed by atoms with Gasteiger partial charge in [-0.05, 0) is 26.2 Å². The van der Waals surface area contributed by atoms with Gasteiger partial charge in [0.2, 0.25) is 0 Å². The first kappa shape index (κ1) is 36.1. The van der Waals surface area contributed by atoms with Crippen LogP contribution in [0.4, 0.5) is 0 Å². The summed E-state index contributed by atoms with van der Waals surface area (Å²) < 4.78 is 0. The van der Waals surface area contributed by atoms with Gasteiger partial charge < -0.3 is 25.2 Å². The molecule has 0 bridgehead atoms. The van der Waals surface area contributed by atoms with Crippen LogP contribution in [0.1, 0.15) is 58.3 Å². The zero-order valence-electron chi connectivity index (χ0n) is 24.0. The van der Waals surface area contributed by atoms with E-state index >= 15 is 0 Å². The van der Waals surface area contributed by atoms with E-state index in [1.54, 1.807) is 26.5 Å². The Morgan fingerprint density at radius 3 is 1.32 bits per heavy atom. The Morgan fingerprint density at radius 1 is 0.561 bits per heavy atom. The lowest BCUT2D eigenvalue weighted by molar-refractivity contribution is -0.145. The standard InChI is InChI=1S/C27H46N4O10/c1-21(32)6-4-2-3-5-7-22(33)8-9-23(27(40)41)31-16-14-29(19-25(36)37)12-10-28(18-24(34)35)11-13-30(15-17-31)20-26(38)39/h23H,2-20H2,1H3,(H,34,35)(H,36,37)(H,38,39)(H,40,41). The van der Waals surface area contributed by atoms with Gasteiger partial charge in [0.1, 0.15) is 17.6 Å². The van der Waals surface area contributed by atoms with E-state index < -0.39 is 29.9 Å². The van der Waals surface area contributed by atoms with Crippen LogP contribution in [0.5, 0.6) is 0 Å². The number of carbonyl (C=O) groups is 6. The van der Waals surface area contributed by atoms with Crippen LogP contribution in [0, 0.1) is 0 Å². The Hall–Kier alpha value is -2.94. The quantitative estimate of drug-likeness (QED) is 0.159. The zero-order valence-corrected chi connectivity index (χ0v) is 24.0. The molecule has 0 amide bonds. The third kappa shape index (κ3) is 17.5. The molecule has 234 valence electrons. The van der Waals surface area contributed by atoms with Crippen LogP contribution in [0.15, 0.2) is 0 Å². The highest BCUT2D eigenvalue weighted by atomic mass is 16.4. The summed E-state index contributed by atoms with van der Waals surface area (Å²) >= 11 is 0.